The zero-order chi connectivity index (χ0) is 19.5. The Morgan fingerprint density at radius 1 is 1.19 bits per heavy atom. The largest absolute Gasteiger partial charge is 0.494 e. The van der Waals surface area contributed by atoms with Crippen LogP contribution in [-0.4, -0.2) is 45.5 Å². The lowest BCUT2D eigenvalue weighted by atomic mass is 10.0. The summed E-state index contributed by atoms with van der Waals surface area (Å²) < 4.78 is 29.1. The van der Waals surface area contributed by atoms with Gasteiger partial charge in [0.25, 0.3) is 5.56 Å². The quantitative estimate of drug-likeness (QED) is 0.740. The molecule has 0 aliphatic rings. The van der Waals surface area contributed by atoms with Gasteiger partial charge in [0.05, 0.1) is 29.5 Å². The normalized spacial score (nSPS) is 11.3. The lowest BCUT2D eigenvalue weighted by Crippen LogP contribution is -2.19. The molecule has 26 heavy (non-hydrogen) atoms. The predicted octanol–water partition coefficient (Wildman–Crippen LogP) is 2.10. The standard InChI is InChI=1S/C17H23N3O5S/c1-6-26(23,7-2)19-14-13(24-4)9-8-11(16(14)25-5)15(21)12-10-18-20(3)17(12)22/h8-10,18H,6-7H2,1-5H3. The molecule has 0 unspecified atom stereocenters. The lowest BCUT2D eigenvalue weighted by molar-refractivity contribution is 0.103. The van der Waals surface area contributed by atoms with Gasteiger partial charge in [0.1, 0.15) is 11.3 Å². The van der Waals surface area contributed by atoms with Gasteiger partial charge >= 0.3 is 0 Å². The Labute approximate surface area is 152 Å². The molecule has 1 aromatic carbocycles. The van der Waals surface area contributed by atoms with Gasteiger partial charge in [-0.1, -0.05) is 13.8 Å². The van der Waals surface area contributed by atoms with Crippen LogP contribution in [0.3, 0.4) is 0 Å². The molecule has 0 aliphatic heterocycles. The van der Waals surface area contributed by atoms with Gasteiger partial charge in [0.2, 0.25) is 5.78 Å². The molecule has 142 valence electrons. The SMILES string of the molecule is CCS(=O)(CC)=Nc1c(OC)ccc(C(=O)c2c[nH]n(C)c2=O)c1OC. The summed E-state index contributed by atoms with van der Waals surface area (Å²) in [6.45, 7) is 3.57. The summed E-state index contributed by atoms with van der Waals surface area (Å²) in [5.74, 6) is 0.670. The second-order valence-corrected chi connectivity index (χ2v) is 8.40. The minimum atomic E-state index is -2.51. The molecule has 2 rings (SSSR count). The van der Waals surface area contributed by atoms with Gasteiger partial charge in [0, 0.05) is 24.8 Å². The summed E-state index contributed by atoms with van der Waals surface area (Å²) in [6, 6.07) is 3.06. The number of nitrogens with zero attached hydrogens (tertiary/aromatic N) is 2. The smallest absolute Gasteiger partial charge is 0.277 e. The number of hydrogen-bond acceptors (Lipinski definition) is 6. The third-order valence-electron chi connectivity index (χ3n) is 4.11. The number of benzene rings is 1. The van der Waals surface area contributed by atoms with Crippen molar-refractivity contribution in [2.24, 2.45) is 11.4 Å². The molecule has 0 spiro atoms. The molecule has 1 N–H and O–H groups in total. The molecule has 2 aromatic rings. The first kappa shape index (κ1) is 19.8. The molecule has 0 saturated carbocycles. The van der Waals surface area contributed by atoms with E-state index in [2.05, 4.69) is 9.46 Å². The molecule has 8 nitrogen and oxygen atoms in total. The van der Waals surface area contributed by atoms with E-state index in [1.807, 2.05) is 0 Å². The van der Waals surface area contributed by atoms with Crippen LogP contribution in [0.2, 0.25) is 0 Å². The Kier molecular flexibility index (Phi) is 5.91. The average Bonchev–Trinajstić information content (AvgIpc) is 2.99. The number of ether oxygens (including phenoxy) is 2. The summed E-state index contributed by atoms with van der Waals surface area (Å²) in [5.41, 5.74) is -0.106. The van der Waals surface area contributed by atoms with E-state index < -0.39 is 21.1 Å². The van der Waals surface area contributed by atoms with Crippen LogP contribution < -0.4 is 15.0 Å². The Morgan fingerprint density at radius 2 is 1.85 bits per heavy atom. The number of aromatic nitrogens is 2. The van der Waals surface area contributed by atoms with Gasteiger partial charge in [-0.3, -0.25) is 14.3 Å². The van der Waals surface area contributed by atoms with Crippen molar-refractivity contribution >= 4 is 21.2 Å². The summed E-state index contributed by atoms with van der Waals surface area (Å²) in [7, 11) is 1.85. The van der Waals surface area contributed by atoms with Gasteiger partial charge in [-0.25, -0.2) is 4.21 Å². The zero-order valence-corrected chi connectivity index (χ0v) is 16.3. The summed E-state index contributed by atoms with van der Waals surface area (Å²) in [4.78, 5) is 24.9. The Hall–Kier alpha value is -2.55. The van der Waals surface area contributed by atoms with E-state index in [0.717, 1.165) is 0 Å². The average molecular weight is 381 g/mol. The van der Waals surface area contributed by atoms with Crippen LogP contribution in [0.1, 0.15) is 29.8 Å². The van der Waals surface area contributed by atoms with Crippen LogP contribution in [0.25, 0.3) is 0 Å². The number of H-pyrrole nitrogens is 1. The summed E-state index contributed by atoms with van der Waals surface area (Å²) in [5, 5.41) is 2.67. The minimum Gasteiger partial charge on any atom is -0.494 e. The first-order valence-corrected chi connectivity index (χ1v) is 9.93. The van der Waals surface area contributed by atoms with E-state index in [4.69, 9.17) is 9.47 Å². The van der Waals surface area contributed by atoms with Crippen LogP contribution in [0.15, 0.2) is 27.5 Å². The van der Waals surface area contributed by atoms with Gasteiger partial charge < -0.3 is 14.6 Å². The molecule has 0 fully saturated rings. The molecular weight excluding hydrogens is 358 g/mol. The van der Waals surface area contributed by atoms with E-state index in [-0.39, 0.29) is 22.6 Å². The zero-order valence-electron chi connectivity index (χ0n) is 15.5. The monoisotopic (exact) mass is 381 g/mol. The number of carbonyl (C=O) groups is 1. The highest BCUT2D eigenvalue weighted by Crippen LogP contribution is 2.41. The van der Waals surface area contributed by atoms with E-state index in [1.165, 1.54) is 38.2 Å². The summed E-state index contributed by atoms with van der Waals surface area (Å²) >= 11 is 0. The minimum absolute atomic E-state index is 0.0198. The third-order valence-corrected chi connectivity index (χ3v) is 6.42. The second-order valence-electron chi connectivity index (χ2n) is 5.52. The van der Waals surface area contributed by atoms with E-state index in [9.17, 15) is 13.8 Å². The molecule has 9 heteroatoms. The topological polar surface area (TPSA) is 103 Å². The first-order valence-electron chi connectivity index (χ1n) is 8.08. The van der Waals surface area contributed by atoms with Crippen molar-refractivity contribution in [2.45, 2.75) is 13.8 Å². The van der Waals surface area contributed by atoms with Gasteiger partial charge in [-0.2, -0.15) is 4.36 Å². The first-order chi connectivity index (χ1) is 12.3. The van der Waals surface area contributed by atoms with Crippen molar-refractivity contribution in [3.63, 3.8) is 0 Å². The number of aryl methyl sites for hydroxylation is 1. The number of carbonyl (C=O) groups excluding carboxylic acids is 1. The van der Waals surface area contributed by atoms with Crippen molar-refractivity contribution in [3.8, 4) is 11.5 Å². The van der Waals surface area contributed by atoms with Crippen molar-refractivity contribution in [3.05, 3.63) is 39.8 Å². The van der Waals surface area contributed by atoms with Crippen LogP contribution in [-0.2, 0) is 16.8 Å². The van der Waals surface area contributed by atoms with Crippen molar-refractivity contribution < 1.29 is 18.5 Å². The maximum absolute atomic E-state index is 12.8. The number of rotatable bonds is 7. The molecule has 0 radical (unpaired) electrons. The number of aromatic amines is 1. The van der Waals surface area contributed by atoms with E-state index >= 15 is 0 Å². The number of ketones is 1. The maximum atomic E-state index is 12.8. The van der Waals surface area contributed by atoms with Crippen molar-refractivity contribution in [1.82, 2.24) is 9.78 Å². The maximum Gasteiger partial charge on any atom is 0.277 e. The van der Waals surface area contributed by atoms with E-state index in [0.29, 0.717) is 17.3 Å². The van der Waals surface area contributed by atoms with Crippen LogP contribution in [0.5, 0.6) is 11.5 Å². The molecule has 0 bridgehead atoms. The predicted molar refractivity (Wildman–Crippen MR) is 100 cm³/mol. The Morgan fingerprint density at radius 3 is 2.31 bits per heavy atom. The Balaban J connectivity index is 2.76. The molecular formula is C17H23N3O5S. The number of nitrogens with one attached hydrogen (secondary N) is 1. The molecule has 0 saturated heterocycles. The molecule has 0 atom stereocenters. The highest BCUT2D eigenvalue weighted by molar-refractivity contribution is 7.93. The number of hydrogen-bond donors (Lipinski definition) is 1. The van der Waals surface area contributed by atoms with Gasteiger partial charge in [-0.05, 0) is 12.1 Å². The summed E-state index contributed by atoms with van der Waals surface area (Å²) in [6.07, 6.45) is 1.34. The third kappa shape index (κ3) is 3.52. The van der Waals surface area contributed by atoms with Crippen molar-refractivity contribution in [2.75, 3.05) is 25.7 Å². The van der Waals surface area contributed by atoms with Crippen LogP contribution >= 0.6 is 0 Å². The van der Waals surface area contributed by atoms with E-state index in [1.54, 1.807) is 19.9 Å². The fourth-order valence-corrected chi connectivity index (χ4v) is 3.63. The second kappa shape index (κ2) is 7.77. The van der Waals surface area contributed by atoms with Gasteiger partial charge in [-0.15, -0.1) is 0 Å². The van der Waals surface area contributed by atoms with Crippen molar-refractivity contribution in [1.29, 1.82) is 0 Å². The van der Waals surface area contributed by atoms with Crippen LogP contribution in [0.4, 0.5) is 5.69 Å². The highest BCUT2D eigenvalue weighted by Gasteiger charge is 2.24. The molecule has 1 heterocycles. The fraction of sp³-hybridized carbons (Fsp3) is 0.412. The molecule has 0 amide bonds. The molecule has 0 aliphatic carbocycles. The molecule has 1 aromatic heterocycles. The van der Waals surface area contributed by atoms with Gasteiger partial charge in [0.15, 0.2) is 11.4 Å². The number of methoxy groups -OCH3 is 2. The lowest BCUT2D eigenvalue weighted by Gasteiger charge is -2.14. The Bertz CT molecular complexity index is 986. The fourth-order valence-electron chi connectivity index (χ4n) is 2.46. The van der Waals surface area contributed by atoms with Crippen LogP contribution in [0, 0.1) is 0 Å². The highest BCUT2D eigenvalue weighted by atomic mass is 32.2.